The van der Waals surface area contributed by atoms with Gasteiger partial charge in [0.25, 0.3) is 0 Å². The molecule has 0 aromatic carbocycles. The smallest absolute Gasteiger partial charge is 0.0767 e. The minimum atomic E-state index is 0.211. The summed E-state index contributed by atoms with van der Waals surface area (Å²) >= 11 is 0. The lowest BCUT2D eigenvalue weighted by Gasteiger charge is -2.28. The summed E-state index contributed by atoms with van der Waals surface area (Å²) in [6.07, 6.45) is 5.00. The van der Waals surface area contributed by atoms with Crippen molar-refractivity contribution in [2.24, 2.45) is 0 Å². The first-order valence-electron chi connectivity index (χ1n) is 6.50. The second kappa shape index (κ2) is 7.41. The summed E-state index contributed by atoms with van der Waals surface area (Å²) in [4.78, 5) is 4.23. The van der Waals surface area contributed by atoms with Crippen LogP contribution in [0.25, 0.3) is 0 Å². The Morgan fingerprint density at radius 3 is 2.65 bits per heavy atom. The number of likely N-dealkylation sites (N-methyl/N-ethyl adjacent to an activating group) is 1. The predicted molar refractivity (Wildman–Crippen MR) is 71.1 cm³/mol. The highest BCUT2D eigenvalue weighted by molar-refractivity contribution is 5.26. The molecule has 0 amide bonds. The molecule has 0 saturated heterocycles. The number of aromatic nitrogens is 1. The summed E-state index contributed by atoms with van der Waals surface area (Å²) in [7, 11) is 0. The van der Waals surface area contributed by atoms with Crippen molar-refractivity contribution in [3.05, 3.63) is 29.6 Å². The highest BCUT2D eigenvalue weighted by atomic mass is 16.5. The van der Waals surface area contributed by atoms with Crippen LogP contribution in [0.1, 0.15) is 44.4 Å². The maximum Gasteiger partial charge on any atom is 0.0767 e. The molecule has 1 aromatic heterocycles. The predicted octanol–water partition coefficient (Wildman–Crippen LogP) is 2.86. The van der Waals surface area contributed by atoms with Gasteiger partial charge in [-0.05, 0) is 44.0 Å². The molecule has 0 saturated carbocycles. The third kappa shape index (κ3) is 3.79. The quantitative estimate of drug-likeness (QED) is 0.790. The van der Waals surface area contributed by atoms with Crippen molar-refractivity contribution in [1.29, 1.82) is 0 Å². The summed E-state index contributed by atoms with van der Waals surface area (Å²) < 4.78 is 5.82. The monoisotopic (exact) mass is 236 g/mol. The summed E-state index contributed by atoms with van der Waals surface area (Å²) in [5.74, 6) is 0. The number of pyridine rings is 1. The number of rotatable bonds is 7. The summed E-state index contributed by atoms with van der Waals surface area (Å²) in [5.41, 5.74) is 2.51. The van der Waals surface area contributed by atoms with E-state index in [1.165, 1.54) is 11.1 Å². The van der Waals surface area contributed by atoms with Gasteiger partial charge in [-0.1, -0.05) is 13.8 Å². The number of hydrogen-bond acceptors (Lipinski definition) is 3. The molecular weight excluding hydrogens is 212 g/mol. The highest BCUT2D eigenvalue weighted by Crippen LogP contribution is 2.23. The fourth-order valence-corrected chi connectivity index (χ4v) is 2.13. The van der Waals surface area contributed by atoms with Crippen LogP contribution in [0, 0.1) is 6.92 Å². The lowest BCUT2D eigenvalue weighted by atomic mass is 9.97. The number of ether oxygens (including phenoxy) is 1. The molecule has 17 heavy (non-hydrogen) atoms. The van der Waals surface area contributed by atoms with Gasteiger partial charge in [0.05, 0.1) is 12.1 Å². The summed E-state index contributed by atoms with van der Waals surface area (Å²) in [6.45, 7) is 10.1. The second-order valence-corrected chi connectivity index (χ2v) is 4.17. The number of nitrogens with zero attached hydrogens (tertiary/aromatic N) is 1. The lowest BCUT2D eigenvalue weighted by molar-refractivity contribution is 0.0316. The van der Waals surface area contributed by atoms with Gasteiger partial charge in [-0.25, -0.2) is 0 Å². The van der Waals surface area contributed by atoms with Gasteiger partial charge in [0.15, 0.2) is 0 Å². The molecule has 0 aliphatic carbocycles. The lowest BCUT2D eigenvalue weighted by Crippen LogP contribution is -2.34. The van der Waals surface area contributed by atoms with E-state index >= 15 is 0 Å². The molecule has 3 heteroatoms. The Bertz CT molecular complexity index is 328. The first-order valence-corrected chi connectivity index (χ1v) is 6.50. The molecule has 1 rings (SSSR count). The van der Waals surface area contributed by atoms with Crippen molar-refractivity contribution in [2.75, 3.05) is 13.2 Å². The van der Waals surface area contributed by atoms with Crippen LogP contribution in [0.3, 0.4) is 0 Å². The zero-order valence-corrected chi connectivity index (χ0v) is 11.4. The van der Waals surface area contributed by atoms with E-state index in [0.717, 1.165) is 19.6 Å². The Kier molecular flexibility index (Phi) is 6.16. The number of aryl methyl sites for hydroxylation is 1. The minimum absolute atomic E-state index is 0.211. The van der Waals surface area contributed by atoms with Crippen molar-refractivity contribution in [1.82, 2.24) is 10.3 Å². The van der Waals surface area contributed by atoms with E-state index in [1.807, 2.05) is 19.3 Å². The van der Waals surface area contributed by atoms with E-state index in [0.29, 0.717) is 0 Å². The minimum Gasteiger partial charge on any atom is -0.377 e. The molecule has 0 aliphatic heterocycles. The molecule has 1 heterocycles. The SMILES string of the molecule is CCNC(c1cnccc1C)C(CC)OCC. The van der Waals surface area contributed by atoms with Crippen LogP contribution in [0.5, 0.6) is 0 Å². The summed E-state index contributed by atoms with van der Waals surface area (Å²) in [6, 6.07) is 2.29. The molecule has 2 atom stereocenters. The van der Waals surface area contributed by atoms with Crippen LogP contribution in [0.15, 0.2) is 18.5 Å². The van der Waals surface area contributed by atoms with Crippen molar-refractivity contribution in [2.45, 2.75) is 46.3 Å². The van der Waals surface area contributed by atoms with Crippen molar-refractivity contribution in [3.8, 4) is 0 Å². The van der Waals surface area contributed by atoms with Gasteiger partial charge in [0.1, 0.15) is 0 Å². The van der Waals surface area contributed by atoms with Crippen LogP contribution in [0.2, 0.25) is 0 Å². The van der Waals surface area contributed by atoms with Crippen LogP contribution in [0.4, 0.5) is 0 Å². The van der Waals surface area contributed by atoms with Gasteiger partial charge in [-0.15, -0.1) is 0 Å². The van der Waals surface area contributed by atoms with Crippen LogP contribution < -0.4 is 5.32 Å². The van der Waals surface area contributed by atoms with E-state index in [4.69, 9.17) is 4.74 Å². The van der Waals surface area contributed by atoms with Gasteiger partial charge in [-0.3, -0.25) is 4.98 Å². The van der Waals surface area contributed by atoms with Crippen molar-refractivity contribution < 1.29 is 4.74 Å². The fraction of sp³-hybridized carbons (Fsp3) is 0.643. The highest BCUT2D eigenvalue weighted by Gasteiger charge is 2.22. The van der Waals surface area contributed by atoms with Crippen LogP contribution in [-0.4, -0.2) is 24.2 Å². The van der Waals surface area contributed by atoms with Gasteiger partial charge in [0.2, 0.25) is 0 Å². The Labute approximate surface area is 105 Å². The van der Waals surface area contributed by atoms with Gasteiger partial charge in [-0.2, -0.15) is 0 Å². The molecule has 1 N–H and O–H groups in total. The third-order valence-corrected chi connectivity index (χ3v) is 2.99. The second-order valence-electron chi connectivity index (χ2n) is 4.17. The molecule has 0 aliphatic rings. The van der Waals surface area contributed by atoms with E-state index in [1.54, 1.807) is 0 Å². The van der Waals surface area contributed by atoms with Crippen molar-refractivity contribution >= 4 is 0 Å². The van der Waals surface area contributed by atoms with Gasteiger partial charge in [0, 0.05) is 19.0 Å². The molecule has 2 unspecified atom stereocenters. The average Bonchev–Trinajstić information content (AvgIpc) is 2.34. The average molecular weight is 236 g/mol. The van der Waals surface area contributed by atoms with E-state index in [2.05, 4.69) is 37.1 Å². The standard InChI is InChI=1S/C14H24N2O/c1-5-13(17-7-3)14(16-6-2)12-10-15-9-8-11(12)4/h8-10,13-14,16H,5-7H2,1-4H3. The third-order valence-electron chi connectivity index (χ3n) is 2.99. The first-order chi connectivity index (χ1) is 8.24. The Hall–Kier alpha value is -0.930. The largest absolute Gasteiger partial charge is 0.377 e. The zero-order valence-electron chi connectivity index (χ0n) is 11.4. The Morgan fingerprint density at radius 1 is 1.35 bits per heavy atom. The normalized spacial score (nSPS) is 14.6. The molecule has 0 spiro atoms. The molecule has 0 fully saturated rings. The summed E-state index contributed by atoms with van der Waals surface area (Å²) in [5, 5.41) is 3.51. The maximum atomic E-state index is 5.82. The molecule has 96 valence electrons. The topological polar surface area (TPSA) is 34.2 Å². The molecule has 3 nitrogen and oxygen atoms in total. The van der Waals surface area contributed by atoms with Crippen LogP contribution >= 0.6 is 0 Å². The van der Waals surface area contributed by atoms with E-state index < -0.39 is 0 Å². The van der Waals surface area contributed by atoms with Crippen molar-refractivity contribution in [3.63, 3.8) is 0 Å². The van der Waals surface area contributed by atoms with Gasteiger partial charge < -0.3 is 10.1 Å². The number of nitrogens with one attached hydrogen (secondary N) is 1. The van der Waals surface area contributed by atoms with E-state index in [9.17, 15) is 0 Å². The number of hydrogen-bond donors (Lipinski definition) is 1. The Balaban J connectivity index is 2.94. The van der Waals surface area contributed by atoms with Gasteiger partial charge >= 0.3 is 0 Å². The fourth-order valence-electron chi connectivity index (χ4n) is 2.13. The molecule has 0 bridgehead atoms. The van der Waals surface area contributed by atoms with E-state index in [-0.39, 0.29) is 12.1 Å². The Morgan fingerprint density at radius 2 is 2.12 bits per heavy atom. The zero-order chi connectivity index (χ0) is 12.7. The molecule has 1 aromatic rings. The molecule has 0 radical (unpaired) electrons. The molecular formula is C14H24N2O. The first kappa shape index (κ1) is 14.1. The maximum absolute atomic E-state index is 5.82. The van der Waals surface area contributed by atoms with Crippen LogP contribution in [-0.2, 0) is 4.74 Å².